The molecule has 0 heterocycles. The van der Waals surface area contributed by atoms with E-state index >= 15 is 0 Å². The molecule has 0 bridgehead atoms. The highest BCUT2D eigenvalue weighted by atomic mass is 32.1. The van der Waals surface area contributed by atoms with Crippen LogP contribution in [0.2, 0.25) is 0 Å². The van der Waals surface area contributed by atoms with E-state index in [1.165, 1.54) is 0 Å². The first-order chi connectivity index (χ1) is 13.6. The molecule has 3 aromatic carbocycles. The monoisotopic (exact) mass is 391 g/mol. The standard InChI is InChI=1S/C22H21N3O2S/c1-2-23-21(27)17-10-6-11-18(13-17)24-22(28)25-20(26)14-16-9-5-8-15-7-3-4-12-19(15)16/h3-13H,2,14H2,1H3,(H,23,27)(H2,24,25,26,28). The molecule has 142 valence electrons. The lowest BCUT2D eigenvalue weighted by molar-refractivity contribution is -0.119. The summed E-state index contributed by atoms with van der Waals surface area (Å²) < 4.78 is 0. The van der Waals surface area contributed by atoms with Gasteiger partial charge in [0.2, 0.25) is 5.91 Å². The van der Waals surface area contributed by atoms with E-state index in [-0.39, 0.29) is 23.3 Å². The molecule has 0 aliphatic carbocycles. The minimum absolute atomic E-state index is 0.156. The summed E-state index contributed by atoms with van der Waals surface area (Å²) in [6, 6.07) is 20.8. The number of anilines is 1. The highest BCUT2D eigenvalue weighted by molar-refractivity contribution is 7.80. The van der Waals surface area contributed by atoms with Crippen molar-refractivity contribution in [3.8, 4) is 0 Å². The van der Waals surface area contributed by atoms with Crippen molar-refractivity contribution in [3.05, 3.63) is 77.9 Å². The molecule has 5 nitrogen and oxygen atoms in total. The molecule has 0 aromatic heterocycles. The lowest BCUT2D eigenvalue weighted by atomic mass is 10.0. The van der Waals surface area contributed by atoms with Crippen molar-refractivity contribution in [2.24, 2.45) is 0 Å². The van der Waals surface area contributed by atoms with Crippen LogP contribution in [-0.4, -0.2) is 23.5 Å². The van der Waals surface area contributed by atoms with Crippen LogP contribution in [0.25, 0.3) is 10.8 Å². The predicted molar refractivity (Wildman–Crippen MR) is 116 cm³/mol. The SMILES string of the molecule is CCNC(=O)c1cccc(NC(=S)NC(=O)Cc2cccc3ccccc23)c1. The number of thiocarbonyl (C=S) groups is 1. The maximum atomic E-state index is 12.4. The first-order valence-corrected chi connectivity index (χ1v) is 9.43. The number of carbonyl (C=O) groups is 2. The molecule has 0 spiro atoms. The zero-order chi connectivity index (χ0) is 19.9. The van der Waals surface area contributed by atoms with E-state index in [0.29, 0.717) is 17.8 Å². The third-order valence-corrected chi connectivity index (χ3v) is 4.41. The van der Waals surface area contributed by atoms with Gasteiger partial charge in [-0.1, -0.05) is 48.5 Å². The second-order valence-electron chi connectivity index (χ2n) is 6.26. The summed E-state index contributed by atoms with van der Waals surface area (Å²) in [5.74, 6) is -0.356. The number of benzene rings is 3. The Morgan fingerprint density at radius 2 is 1.71 bits per heavy atom. The number of amides is 2. The first kappa shape index (κ1) is 19.5. The molecule has 0 fully saturated rings. The lowest BCUT2D eigenvalue weighted by Gasteiger charge is -2.11. The molecular weight excluding hydrogens is 370 g/mol. The summed E-state index contributed by atoms with van der Waals surface area (Å²) in [5.41, 5.74) is 2.10. The number of rotatable bonds is 5. The zero-order valence-electron chi connectivity index (χ0n) is 15.5. The number of hydrogen-bond acceptors (Lipinski definition) is 3. The van der Waals surface area contributed by atoms with Crippen molar-refractivity contribution in [2.75, 3.05) is 11.9 Å². The Hall–Kier alpha value is -3.25. The Labute approximate surface area is 169 Å². The smallest absolute Gasteiger partial charge is 0.251 e. The van der Waals surface area contributed by atoms with Gasteiger partial charge in [0.25, 0.3) is 5.91 Å². The summed E-state index contributed by atoms with van der Waals surface area (Å²) >= 11 is 5.24. The van der Waals surface area contributed by atoms with Gasteiger partial charge in [0.05, 0.1) is 6.42 Å². The molecule has 3 N–H and O–H groups in total. The predicted octanol–water partition coefficient (Wildman–Crippen LogP) is 3.65. The minimum atomic E-state index is -0.200. The van der Waals surface area contributed by atoms with Crippen molar-refractivity contribution < 1.29 is 9.59 Å². The van der Waals surface area contributed by atoms with Gasteiger partial charge in [-0.05, 0) is 53.7 Å². The second kappa shape index (κ2) is 9.10. The highest BCUT2D eigenvalue weighted by Gasteiger charge is 2.10. The van der Waals surface area contributed by atoms with Crippen LogP contribution >= 0.6 is 12.2 Å². The lowest BCUT2D eigenvalue weighted by Crippen LogP contribution is -2.35. The Bertz CT molecular complexity index is 1030. The van der Waals surface area contributed by atoms with Gasteiger partial charge in [0.1, 0.15) is 0 Å². The van der Waals surface area contributed by atoms with Crippen molar-refractivity contribution in [1.82, 2.24) is 10.6 Å². The molecule has 2 amide bonds. The fourth-order valence-corrected chi connectivity index (χ4v) is 3.19. The van der Waals surface area contributed by atoms with Crippen LogP contribution in [0.1, 0.15) is 22.8 Å². The minimum Gasteiger partial charge on any atom is -0.352 e. The topological polar surface area (TPSA) is 70.2 Å². The zero-order valence-corrected chi connectivity index (χ0v) is 16.3. The van der Waals surface area contributed by atoms with Gasteiger partial charge in [0.15, 0.2) is 5.11 Å². The van der Waals surface area contributed by atoms with Gasteiger partial charge in [-0.15, -0.1) is 0 Å². The van der Waals surface area contributed by atoms with Crippen LogP contribution in [0.15, 0.2) is 66.7 Å². The number of fused-ring (bicyclic) bond motifs is 1. The average molecular weight is 391 g/mol. The maximum Gasteiger partial charge on any atom is 0.251 e. The van der Waals surface area contributed by atoms with Gasteiger partial charge in [-0.3, -0.25) is 9.59 Å². The molecule has 0 radical (unpaired) electrons. The first-order valence-electron chi connectivity index (χ1n) is 9.02. The van der Waals surface area contributed by atoms with E-state index in [0.717, 1.165) is 16.3 Å². The summed E-state index contributed by atoms with van der Waals surface area (Å²) in [4.78, 5) is 24.3. The molecule has 0 aliphatic heterocycles. The summed E-state index contributed by atoms with van der Waals surface area (Å²) in [5, 5.41) is 10.7. The van der Waals surface area contributed by atoms with E-state index < -0.39 is 0 Å². The molecule has 0 unspecified atom stereocenters. The third kappa shape index (κ3) is 4.92. The third-order valence-electron chi connectivity index (χ3n) is 4.20. The van der Waals surface area contributed by atoms with Gasteiger partial charge in [-0.2, -0.15) is 0 Å². The Kier molecular flexibility index (Phi) is 6.34. The van der Waals surface area contributed by atoms with Crippen LogP contribution in [0.5, 0.6) is 0 Å². The van der Waals surface area contributed by atoms with E-state index in [1.807, 2.05) is 49.4 Å². The van der Waals surface area contributed by atoms with Crippen LogP contribution < -0.4 is 16.0 Å². The normalized spacial score (nSPS) is 10.3. The Morgan fingerprint density at radius 1 is 0.964 bits per heavy atom. The summed E-state index contributed by atoms with van der Waals surface area (Å²) in [6.07, 6.45) is 0.224. The molecule has 0 saturated carbocycles. The average Bonchev–Trinajstić information content (AvgIpc) is 2.68. The highest BCUT2D eigenvalue weighted by Crippen LogP contribution is 2.19. The van der Waals surface area contributed by atoms with E-state index in [4.69, 9.17) is 12.2 Å². The number of nitrogens with one attached hydrogen (secondary N) is 3. The fraction of sp³-hybridized carbons (Fsp3) is 0.136. The summed E-state index contributed by atoms with van der Waals surface area (Å²) in [6.45, 7) is 2.42. The Morgan fingerprint density at radius 3 is 2.54 bits per heavy atom. The largest absolute Gasteiger partial charge is 0.352 e. The molecule has 0 saturated heterocycles. The van der Waals surface area contributed by atoms with E-state index in [2.05, 4.69) is 16.0 Å². The molecule has 6 heteroatoms. The maximum absolute atomic E-state index is 12.4. The molecule has 0 atom stereocenters. The van der Waals surface area contributed by atoms with E-state index in [1.54, 1.807) is 24.3 Å². The Balaban J connectivity index is 1.62. The number of carbonyl (C=O) groups excluding carboxylic acids is 2. The number of hydrogen-bond donors (Lipinski definition) is 3. The summed E-state index contributed by atoms with van der Waals surface area (Å²) in [7, 11) is 0. The van der Waals surface area contributed by atoms with Gasteiger partial charge >= 0.3 is 0 Å². The van der Waals surface area contributed by atoms with Crippen LogP contribution in [-0.2, 0) is 11.2 Å². The molecule has 28 heavy (non-hydrogen) atoms. The van der Waals surface area contributed by atoms with Crippen LogP contribution in [0.3, 0.4) is 0 Å². The molecular formula is C22H21N3O2S. The van der Waals surface area contributed by atoms with Crippen LogP contribution in [0.4, 0.5) is 5.69 Å². The molecule has 3 rings (SSSR count). The van der Waals surface area contributed by atoms with Gasteiger partial charge in [0, 0.05) is 17.8 Å². The fourth-order valence-electron chi connectivity index (χ4n) is 2.95. The van der Waals surface area contributed by atoms with E-state index in [9.17, 15) is 9.59 Å². The van der Waals surface area contributed by atoms with Crippen molar-refractivity contribution >= 4 is 45.6 Å². The van der Waals surface area contributed by atoms with Crippen molar-refractivity contribution in [1.29, 1.82) is 0 Å². The van der Waals surface area contributed by atoms with Gasteiger partial charge in [-0.25, -0.2) is 0 Å². The van der Waals surface area contributed by atoms with Gasteiger partial charge < -0.3 is 16.0 Å². The quantitative estimate of drug-likeness (QED) is 0.581. The second-order valence-corrected chi connectivity index (χ2v) is 6.67. The molecule has 0 aliphatic rings. The van der Waals surface area contributed by atoms with Crippen molar-refractivity contribution in [2.45, 2.75) is 13.3 Å². The molecule has 3 aromatic rings. The van der Waals surface area contributed by atoms with Crippen LogP contribution in [0, 0.1) is 0 Å². The van der Waals surface area contributed by atoms with Crippen molar-refractivity contribution in [3.63, 3.8) is 0 Å².